The normalized spacial score (nSPS) is 16.0. The van der Waals surface area contributed by atoms with E-state index in [1.54, 1.807) is 6.20 Å². The Balaban J connectivity index is 1.73. The van der Waals surface area contributed by atoms with Crippen molar-refractivity contribution in [3.8, 4) is 11.1 Å². The average molecular weight is 368 g/mol. The molecule has 0 atom stereocenters. The molecule has 6 nitrogen and oxygen atoms in total. The van der Waals surface area contributed by atoms with Crippen molar-refractivity contribution in [1.82, 2.24) is 14.3 Å². The Kier molecular flexibility index (Phi) is 4.05. The van der Waals surface area contributed by atoms with Crippen LogP contribution in [-0.4, -0.2) is 42.0 Å². The number of aromatic amines is 1. The highest BCUT2D eigenvalue weighted by Crippen LogP contribution is 2.32. The summed E-state index contributed by atoms with van der Waals surface area (Å²) < 4.78 is 24.8. The first-order valence-electron chi connectivity index (χ1n) is 8.40. The van der Waals surface area contributed by atoms with Crippen molar-refractivity contribution in [3.05, 3.63) is 54.4 Å². The van der Waals surface area contributed by atoms with Gasteiger partial charge in [0.25, 0.3) is 0 Å². The summed E-state index contributed by atoms with van der Waals surface area (Å²) in [6.45, 7) is 0.897. The molecule has 0 spiro atoms. The summed E-state index contributed by atoms with van der Waals surface area (Å²) in [6.07, 6.45) is 5.67. The van der Waals surface area contributed by atoms with Crippen molar-refractivity contribution < 1.29 is 8.42 Å². The topological polar surface area (TPSA) is 92.1 Å². The largest absolute Gasteiger partial charge is 0.399 e. The number of nitrogen functional groups attached to an aromatic ring is 1. The van der Waals surface area contributed by atoms with Crippen molar-refractivity contribution in [2.24, 2.45) is 0 Å². The summed E-state index contributed by atoms with van der Waals surface area (Å²) >= 11 is 0. The van der Waals surface area contributed by atoms with Crippen LogP contribution in [0.15, 0.2) is 48.7 Å². The lowest BCUT2D eigenvalue weighted by Crippen LogP contribution is -2.33. The number of hydrogen-bond donors (Lipinski definition) is 2. The predicted molar refractivity (Wildman–Crippen MR) is 105 cm³/mol. The van der Waals surface area contributed by atoms with E-state index < -0.39 is 10.0 Å². The third-order valence-corrected chi connectivity index (χ3v) is 5.99. The van der Waals surface area contributed by atoms with Crippen molar-refractivity contribution in [2.75, 3.05) is 25.1 Å². The number of pyridine rings is 1. The Bertz CT molecular complexity index is 1120. The standard InChI is InChI=1S/C19H20N4O2S/c1-26(24,25)23-9-6-13(7-10-23)18-12-17-16(5-8-21-19(17)22-18)14-3-2-4-15(20)11-14/h2-6,8,11-12H,7,9-10,20H2,1H3,(H,21,22). The first kappa shape index (κ1) is 16.8. The number of hydrogen-bond acceptors (Lipinski definition) is 4. The minimum absolute atomic E-state index is 0.402. The highest BCUT2D eigenvalue weighted by Gasteiger charge is 2.21. The third-order valence-electron chi connectivity index (χ3n) is 4.72. The fraction of sp³-hybridized carbons (Fsp3) is 0.211. The van der Waals surface area contributed by atoms with Gasteiger partial charge in [0.2, 0.25) is 10.0 Å². The quantitative estimate of drug-likeness (QED) is 0.695. The maximum absolute atomic E-state index is 11.7. The monoisotopic (exact) mass is 368 g/mol. The maximum Gasteiger partial charge on any atom is 0.211 e. The number of benzene rings is 1. The predicted octanol–water partition coefficient (Wildman–Crippen LogP) is 2.86. The lowest BCUT2D eigenvalue weighted by molar-refractivity contribution is 0.445. The van der Waals surface area contributed by atoms with Gasteiger partial charge in [-0.25, -0.2) is 13.4 Å². The van der Waals surface area contributed by atoms with Gasteiger partial charge < -0.3 is 10.7 Å². The zero-order valence-electron chi connectivity index (χ0n) is 14.4. The summed E-state index contributed by atoms with van der Waals surface area (Å²) in [5.74, 6) is 0. The molecule has 1 aliphatic heterocycles. The molecule has 2 aromatic heterocycles. The van der Waals surface area contributed by atoms with Crippen molar-refractivity contribution in [2.45, 2.75) is 6.42 Å². The van der Waals surface area contributed by atoms with Gasteiger partial charge in [0, 0.05) is 36.1 Å². The van der Waals surface area contributed by atoms with E-state index in [2.05, 4.69) is 16.0 Å². The summed E-state index contributed by atoms with van der Waals surface area (Å²) in [4.78, 5) is 7.80. The van der Waals surface area contributed by atoms with E-state index in [1.165, 1.54) is 10.6 Å². The third kappa shape index (κ3) is 3.11. The Morgan fingerprint density at radius 3 is 2.77 bits per heavy atom. The van der Waals surface area contributed by atoms with Gasteiger partial charge >= 0.3 is 0 Å². The van der Waals surface area contributed by atoms with E-state index in [1.807, 2.05) is 36.4 Å². The first-order valence-corrected chi connectivity index (χ1v) is 10.2. The van der Waals surface area contributed by atoms with Crippen LogP contribution in [0.3, 0.4) is 0 Å². The van der Waals surface area contributed by atoms with E-state index in [-0.39, 0.29) is 0 Å². The molecule has 0 amide bonds. The Labute approximate surface area is 152 Å². The molecule has 1 aromatic carbocycles. The lowest BCUT2D eigenvalue weighted by Gasteiger charge is -2.23. The van der Waals surface area contributed by atoms with Crippen molar-refractivity contribution >= 4 is 32.3 Å². The minimum Gasteiger partial charge on any atom is -0.399 e. The van der Waals surface area contributed by atoms with Gasteiger partial charge in [0.1, 0.15) is 5.65 Å². The maximum atomic E-state index is 11.7. The Morgan fingerprint density at radius 2 is 2.08 bits per heavy atom. The van der Waals surface area contributed by atoms with E-state index >= 15 is 0 Å². The van der Waals surface area contributed by atoms with Gasteiger partial charge in [-0.05, 0) is 47.4 Å². The van der Waals surface area contributed by atoms with E-state index in [9.17, 15) is 8.42 Å². The molecule has 4 rings (SSSR count). The molecule has 0 saturated heterocycles. The van der Waals surface area contributed by atoms with Crippen LogP contribution in [0.25, 0.3) is 27.7 Å². The number of nitrogens with two attached hydrogens (primary N) is 1. The molecule has 0 fully saturated rings. The summed E-state index contributed by atoms with van der Waals surface area (Å²) in [5, 5.41) is 1.03. The van der Waals surface area contributed by atoms with Crippen LogP contribution in [0, 0.1) is 0 Å². The zero-order valence-corrected chi connectivity index (χ0v) is 15.3. The van der Waals surface area contributed by atoms with E-state index in [4.69, 9.17) is 5.73 Å². The van der Waals surface area contributed by atoms with Gasteiger partial charge in [0.15, 0.2) is 0 Å². The second-order valence-electron chi connectivity index (χ2n) is 6.53. The molecule has 0 unspecified atom stereocenters. The van der Waals surface area contributed by atoms with Crippen molar-refractivity contribution in [1.29, 1.82) is 0 Å². The number of aromatic nitrogens is 2. The number of H-pyrrole nitrogens is 1. The van der Waals surface area contributed by atoms with E-state index in [0.29, 0.717) is 19.5 Å². The fourth-order valence-electron chi connectivity index (χ4n) is 3.35. The lowest BCUT2D eigenvalue weighted by atomic mass is 10.0. The second kappa shape index (κ2) is 6.26. The van der Waals surface area contributed by atoms with Crippen LogP contribution in [-0.2, 0) is 10.0 Å². The van der Waals surface area contributed by atoms with Crippen LogP contribution in [0.4, 0.5) is 5.69 Å². The number of rotatable bonds is 3. The molecule has 0 radical (unpaired) electrons. The van der Waals surface area contributed by atoms with Gasteiger partial charge in [-0.3, -0.25) is 0 Å². The molecule has 1 aliphatic rings. The highest BCUT2D eigenvalue weighted by molar-refractivity contribution is 7.88. The van der Waals surface area contributed by atoms with Gasteiger partial charge in [-0.2, -0.15) is 4.31 Å². The van der Waals surface area contributed by atoms with Gasteiger partial charge in [0.05, 0.1) is 6.26 Å². The second-order valence-corrected chi connectivity index (χ2v) is 8.51. The Morgan fingerprint density at radius 1 is 1.23 bits per heavy atom. The van der Waals surface area contributed by atoms with Gasteiger partial charge in [-0.15, -0.1) is 0 Å². The summed E-state index contributed by atoms with van der Waals surface area (Å²) in [5.41, 5.74) is 11.7. The number of anilines is 1. The first-order chi connectivity index (χ1) is 12.4. The minimum atomic E-state index is -3.15. The molecule has 3 heterocycles. The highest BCUT2D eigenvalue weighted by atomic mass is 32.2. The smallest absolute Gasteiger partial charge is 0.211 e. The van der Waals surface area contributed by atoms with Crippen LogP contribution in [0.2, 0.25) is 0 Å². The van der Waals surface area contributed by atoms with E-state index in [0.717, 1.165) is 39.1 Å². The van der Waals surface area contributed by atoms with Crippen LogP contribution in [0.5, 0.6) is 0 Å². The molecule has 3 aromatic rings. The summed E-state index contributed by atoms with van der Waals surface area (Å²) in [6, 6.07) is 11.9. The molecule has 134 valence electrons. The SMILES string of the molecule is CS(=O)(=O)N1CC=C(c2cc3c(-c4cccc(N)c4)ccnc3[nH]2)CC1. The number of sulfonamides is 1. The van der Waals surface area contributed by atoms with Gasteiger partial charge in [-0.1, -0.05) is 18.2 Å². The van der Waals surface area contributed by atoms with Crippen LogP contribution in [0.1, 0.15) is 12.1 Å². The van der Waals surface area contributed by atoms with Crippen LogP contribution >= 0.6 is 0 Å². The molecule has 0 aliphatic carbocycles. The fourth-order valence-corrected chi connectivity index (χ4v) is 4.12. The number of nitrogens with zero attached hydrogens (tertiary/aromatic N) is 2. The molecule has 3 N–H and O–H groups in total. The summed E-state index contributed by atoms with van der Waals surface area (Å²) in [7, 11) is -3.15. The molecule has 0 bridgehead atoms. The Hall–Kier alpha value is -2.64. The molecular weight excluding hydrogens is 348 g/mol. The van der Waals surface area contributed by atoms with Crippen molar-refractivity contribution in [3.63, 3.8) is 0 Å². The number of fused-ring (bicyclic) bond motifs is 1. The number of nitrogens with one attached hydrogen (secondary N) is 1. The molecule has 26 heavy (non-hydrogen) atoms. The molecule has 0 saturated carbocycles. The zero-order chi connectivity index (χ0) is 18.3. The molecular formula is C19H20N4O2S. The average Bonchev–Trinajstić information content (AvgIpc) is 3.05. The molecule has 7 heteroatoms. The van der Waals surface area contributed by atoms with Crippen LogP contribution < -0.4 is 5.73 Å².